The van der Waals surface area contributed by atoms with Gasteiger partial charge in [0, 0.05) is 32.4 Å². The molecule has 0 bridgehead atoms. The summed E-state index contributed by atoms with van der Waals surface area (Å²) >= 11 is 0. The molecule has 0 aliphatic carbocycles. The largest absolute Gasteiger partial charge is 0.490 e. The zero-order chi connectivity index (χ0) is 17.6. The highest BCUT2D eigenvalue weighted by Crippen LogP contribution is 2.25. The number of ether oxygens (including phenoxy) is 1. The SMILES string of the molecule is Cc1ccc(C)c(OC2CCN(C(=O)CCC3CCNCC3)CC2)c1. The predicted molar refractivity (Wildman–Crippen MR) is 101 cm³/mol. The molecular weight excluding hydrogens is 312 g/mol. The lowest BCUT2D eigenvalue weighted by Crippen LogP contribution is -2.42. The summed E-state index contributed by atoms with van der Waals surface area (Å²) < 4.78 is 6.21. The van der Waals surface area contributed by atoms with E-state index >= 15 is 0 Å². The van der Waals surface area contributed by atoms with Gasteiger partial charge in [0.1, 0.15) is 11.9 Å². The summed E-state index contributed by atoms with van der Waals surface area (Å²) in [7, 11) is 0. The lowest BCUT2D eigenvalue weighted by Gasteiger charge is -2.33. The Bertz CT molecular complexity index is 573. The van der Waals surface area contributed by atoms with Gasteiger partial charge in [0.2, 0.25) is 5.91 Å². The van der Waals surface area contributed by atoms with E-state index in [1.165, 1.54) is 24.0 Å². The summed E-state index contributed by atoms with van der Waals surface area (Å²) in [5, 5.41) is 3.39. The molecule has 0 aromatic heterocycles. The number of rotatable bonds is 5. The fraction of sp³-hybridized carbons (Fsp3) is 0.667. The lowest BCUT2D eigenvalue weighted by molar-refractivity contribution is -0.133. The Labute approximate surface area is 151 Å². The molecule has 1 N–H and O–H groups in total. The number of nitrogens with zero attached hydrogens (tertiary/aromatic N) is 1. The van der Waals surface area contributed by atoms with E-state index in [1.807, 2.05) is 4.90 Å². The normalized spacial score (nSPS) is 19.8. The third kappa shape index (κ3) is 5.21. The number of carbonyl (C=O) groups is 1. The van der Waals surface area contributed by atoms with E-state index in [0.717, 1.165) is 57.1 Å². The fourth-order valence-corrected chi connectivity index (χ4v) is 3.89. The van der Waals surface area contributed by atoms with Crippen molar-refractivity contribution in [3.8, 4) is 5.75 Å². The van der Waals surface area contributed by atoms with E-state index in [4.69, 9.17) is 4.74 Å². The van der Waals surface area contributed by atoms with Crippen molar-refractivity contribution in [2.24, 2.45) is 5.92 Å². The molecule has 0 spiro atoms. The van der Waals surface area contributed by atoms with Crippen LogP contribution in [0.5, 0.6) is 5.75 Å². The number of amides is 1. The number of carbonyl (C=O) groups excluding carboxylic acids is 1. The first-order valence-corrected chi connectivity index (χ1v) is 9.84. The molecule has 0 unspecified atom stereocenters. The second-order valence-electron chi connectivity index (χ2n) is 7.70. The minimum absolute atomic E-state index is 0.231. The number of hydrogen-bond acceptors (Lipinski definition) is 3. The van der Waals surface area contributed by atoms with E-state index in [-0.39, 0.29) is 6.10 Å². The smallest absolute Gasteiger partial charge is 0.222 e. The second-order valence-corrected chi connectivity index (χ2v) is 7.70. The molecule has 4 heteroatoms. The number of benzene rings is 1. The van der Waals surface area contributed by atoms with Crippen LogP contribution in [0.15, 0.2) is 18.2 Å². The average molecular weight is 344 g/mol. The van der Waals surface area contributed by atoms with Gasteiger partial charge in [0.05, 0.1) is 0 Å². The summed E-state index contributed by atoms with van der Waals surface area (Å²) in [6.07, 6.45) is 6.32. The first kappa shape index (κ1) is 18.2. The Morgan fingerprint density at radius 3 is 2.60 bits per heavy atom. The van der Waals surface area contributed by atoms with Gasteiger partial charge in [-0.15, -0.1) is 0 Å². The van der Waals surface area contributed by atoms with Gasteiger partial charge in [-0.1, -0.05) is 12.1 Å². The van der Waals surface area contributed by atoms with Crippen LogP contribution in [0.1, 0.15) is 49.7 Å². The van der Waals surface area contributed by atoms with Crippen LogP contribution >= 0.6 is 0 Å². The monoisotopic (exact) mass is 344 g/mol. The van der Waals surface area contributed by atoms with Gasteiger partial charge in [0.15, 0.2) is 0 Å². The molecule has 0 radical (unpaired) electrons. The summed E-state index contributed by atoms with van der Waals surface area (Å²) in [6.45, 7) is 8.07. The minimum Gasteiger partial charge on any atom is -0.490 e. The minimum atomic E-state index is 0.231. The first-order valence-electron chi connectivity index (χ1n) is 9.84. The van der Waals surface area contributed by atoms with Gasteiger partial charge in [-0.3, -0.25) is 4.79 Å². The predicted octanol–water partition coefficient (Wildman–Crippen LogP) is 3.45. The molecule has 1 amide bonds. The molecular formula is C21H32N2O2. The van der Waals surface area contributed by atoms with Crippen LogP contribution in [-0.2, 0) is 4.79 Å². The number of likely N-dealkylation sites (tertiary alicyclic amines) is 1. The molecule has 2 aliphatic rings. The van der Waals surface area contributed by atoms with Crippen molar-refractivity contribution in [3.05, 3.63) is 29.3 Å². The summed E-state index contributed by atoms with van der Waals surface area (Å²) in [5.41, 5.74) is 2.41. The van der Waals surface area contributed by atoms with Gasteiger partial charge < -0.3 is 15.0 Å². The molecule has 1 aromatic rings. The van der Waals surface area contributed by atoms with Crippen LogP contribution in [0, 0.1) is 19.8 Å². The molecule has 25 heavy (non-hydrogen) atoms. The Balaban J connectivity index is 1.41. The fourth-order valence-electron chi connectivity index (χ4n) is 3.89. The van der Waals surface area contributed by atoms with Crippen molar-refractivity contribution in [3.63, 3.8) is 0 Å². The van der Waals surface area contributed by atoms with Crippen molar-refractivity contribution in [1.82, 2.24) is 10.2 Å². The van der Waals surface area contributed by atoms with Crippen molar-refractivity contribution in [2.45, 2.75) is 58.5 Å². The maximum atomic E-state index is 12.5. The average Bonchev–Trinajstić information content (AvgIpc) is 2.64. The Morgan fingerprint density at radius 2 is 1.88 bits per heavy atom. The topological polar surface area (TPSA) is 41.6 Å². The third-order valence-electron chi connectivity index (χ3n) is 5.66. The highest BCUT2D eigenvalue weighted by Gasteiger charge is 2.25. The number of aryl methyl sites for hydroxylation is 2. The Kier molecular flexibility index (Phi) is 6.35. The molecule has 0 atom stereocenters. The molecule has 3 rings (SSSR count). The van der Waals surface area contributed by atoms with Crippen LogP contribution in [0.25, 0.3) is 0 Å². The van der Waals surface area contributed by atoms with E-state index in [2.05, 4.69) is 37.4 Å². The van der Waals surface area contributed by atoms with Crippen molar-refractivity contribution in [2.75, 3.05) is 26.2 Å². The van der Waals surface area contributed by atoms with Gasteiger partial charge in [-0.2, -0.15) is 0 Å². The number of piperidine rings is 2. The summed E-state index contributed by atoms with van der Waals surface area (Å²) in [5.74, 6) is 2.06. The Morgan fingerprint density at radius 1 is 1.16 bits per heavy atom. The van der Waals surface area contributed by atoms with E-state index in [0.29, 0.717) is 12.3 Å². The molecule has 2 fully saturated rings. The molecule has 2 heterocycles. The van der Waals surface area contributed by atoms with Crippen LogP contribution in [0.2, 0.25) is 0 Å². The van der Waals surface area contributed by atoms with Crippen LogP contribution in [0.4, 0.5) is 0 Å². The first-order chi connectivity index (χ1) is 12.1. The number of nitrogens with one attached hydrogen (secondary N) is 1. The molecule has 0 saturated carbocycles. The second kappa shape index (κ2) is 8.70. The quantitative estimate of drug-likeness (QED) is 0.889. The van der Waals surface area contributed by atoms with Gasteiger partial charge in [-0.05, 0) is 69.3 Å². The summed E-state index contributed by atoms with van der Waals surface area (Å²) in [6, 6.07) is 6.35. The highest BCUT2D eigenvalue weighted by molar-refractivity contribution is 5.76. The standard InChI is InChI=1S/C21H32N2O2/c1-16-3-4-17(2)20(15-16)25-19-9-13-23(14-10-19)21(24)6-5-18-7-11-22-12-8-18/h3-4,15,18-19,22H,5-14H2,1-2H3. The Hall–Kier alpha value is -1.55. The van der Waals surface area contributed by atoms with Crippen LogP contribution < -0.4 is 10.1 Å². The van der Waals surface area contributed by atoms with E-state index in [1.54, 1.807) is 0 Å². The summed E-state index contributed by atoms with van der Waals surface area (Å²) in [4.78, 5) is 14.5. The maximum absolute atomic E-state index is 12.5. The van der Waals surface area contributed by atoms with Crippen molar-refractivity contribution in [1.29, 1.82) is 0 Å². The third-order valence-corrected chi connectivity index (χ3v) is 5.66. The number of hydrogen-bond donors (Lipinski definition) is 1. The van der Waals surface area contributed by atoms with Crippen molar-refractivity contribution >= 4 is 5.91 Å². The maximum Gasteiger partial charge on any atom is 0.222 e. The lowest BCUT2D eigenvalue weighted by atomic mass is 9.93. The molecule has 4 nitrogen and oxygen atoms in total. The van der Waals surface area contributed by atoms with Gasteiger partial charge in [0.25, 0.3) is 0 Å². The van der Waals surface area contributed by atoms with E-state index in [9.17, 15) is 4.79 Å². The zero-order valence-corrected chi connectivity index (χ0v) is 15.7. The molecule has 138 valence electrons. The van der Waals surface area contributed by atoms with Gasteiger partial charge >= 0.3 is 0 Å². The van der Waals surface area contributed by atoms with Gasteiger partial charge in [-0.25, -0.2) is 0 Å². The zero-order valence-electron chi connectivity index (χ0n) is 15.7. The molecule has 2 saturated heterocycles. The van der Waals surface area contributed by atoms with E-state index < -0.39 is 0 Å². The van der Waals surface area contributed by atoms with Crippen molar-refractivity contribution < 1.29 is 9.53 Å². The molecule has 1 aromatic carbocycles. The molecule has 2 aliphatic heterocycles. The van der Waals surface area contributed by atoms with Crippen LogP contribution in [-0.4, -0.2) is 43.1 Å². The van der Waals surface area contributed by atoms with Crippen LogP contribution in [0.3, 0.4) is 0 Å². The highest BCUT2D eigenvalue weighted by atomic mass is 16.5.